The summed E-state index contributed by atoms with van der Waals surface area (Å²) < 4.78 is 26.7. The molecule has 5 heteroatoms. The predicted molar refractivity (Wildman–Crippen MR) is 75.5 cm³/mol. The van der Waals surface area contributed by atoms with Crippen LogP contribution in [0.2, 0.25) is 0 Å². The van der Waals surface area contributed by atoms with Gasteiger partial charge in [-0.1, -0.05) is 36.2 Å². The second-order valence-electron chi connectivity index (χ2n) is 5.25. The molecule has 0 unspecified atom stereocenters. The molecular weight excluding hydrogens is 287 g/mol. The molecule has 1 N–H and O–H groups in total. The van der Waals surface area contributed by atoms with E-state index in [1.165, 1.54) is 0 Å². The van der Waals surface area contributed by atoms with Gasteiger partial charge in [0.1, 0.15) is 6.10 Å². The molecular formula is C14H18ClFO2S. The molecule has 1 aliphatic carbocycles. The van der Waals surface area contributed by atoms with E-state index in [0.717, 1.165) is 5.56 Å². The number of hydrogen-bond acceptors (Lipinski definition) is 2. The third kappa shape index (κ3) is 2.86. The number of rotatable bonds is 2. The molecule has 1 fully saturated rings. The number of halogens is 2. The maximum atomic E-state index is 14.2. The van der Waals surface area contributed by atoms with Crippen molar-refractivity contribution in [3.8, 4) is 0 Å². The zero-order valence-electron chi connectivity index (χ0n) is 11.0. The van der Waals surface area contributed by atoms with Crippen LogP contribution >= 0.6 is 11.6 Å². The number of alkyl halides is 2. The Hall–Kier alpha value is -0.450. The third-order valence-corrected chi connectivity index (χ3v) is 6.19. The summed E-state index contributed by atoms with van der Waals surface area (Å²) in [5.41, 5.74) is 1.07. The van der Waals surface area contributed by atoms with Crippen molar-refractivity contribution >= 4 is 22.4 Å². The van der Waals surface area contributed by atoms with Gasteiger partial charge in [0.2, 0.25) is 5.13 Å². The highest BCUT2D eigenvalue weighted by Gasteiger charge is 2.50. The summed E-state index contributed by atoms with van der Waals surface area (Å²) >= 11 is 5.77. The van der Waals surface area contributed by atoms with Gasteiger partial charge < -0.3 is 5.11 Å². The summed E-state index contributed by atoms with van der Waals surface area (Å²) in [4.78, 5) is 0.608. The zero-order chi connectivity index (χ0) is 14.2. The van der Waals surface area contributed by atoms with Crippen molar-refractivity contribution in [2.24, 2.45) is 5.92 Å². The Bertz CT molecular complexity index is 475. The average Bonchev–Trinajstić information content (AvgIpc) is 2.37. The van der Waals surface area contributed by atoms with E-state index in [2.05, 4.69) is 0 Å². The molecule has 0 heterocycles. The molecule has 19 heavy (non-hydrogen) atoms. The van der Waals surface area contributed by atoms with Crippen molar-refractivity contribution in [3.63, 3.8) is 0 Å². The van der Waals surface area contributed by atoms with E-state index in [1.807, 2.05) is 19.1 Å². The third-order valence-electron chi connectivity index (χ3n) is 3.82. The zero-order valence-corrected chi connectivity index (χ0v) is 12.5. The standard InChI is InChI=1S/C14H18ClFO2S/c1-9-3-6-11(7-4-9)19(18)12-8-5-10(2)14(15,16)13(12)17/h3-4,6-7,10,12-13,17H,5,8H2,1-2H3/t10-,12+,13-,14+,19+/m1/s1. The lowest BCUT2D eigenvalue weighted by Crippen LogP contribution is -2.51. The minimum Gasteiger partial charge on any atom is -0.387 e. The van der Waals surface area contributed by atoms with Crippen LogP contribution in [0.25, 0.3) is 0 Å². The minimum atomic E-state index is -2.19. The predicted octanol–water partition coefficient (Wildman–Crippen LogP) is 3.17. The largest absolute Gasteiger partial charge is 0.387 e. The fraction of sp³-hybridized carbons (Fsp3) is 0.571. The van der Waals surface area contributed by atoms with Gasteiger partial charge >= 0.3 is 0 Å². The van der Waals surface area contributed by atoms with Gasteiger partial charge in [-0.2, -0.15) is 0 Å². The Kier molecular flexibility index (Phi) is 4.33. The Morgan fingerprint density at radius 3 is 2.53 bits per heavy atom. The summed E-state index contributed by atoms with van der Waals surface area (Å²) in [7, 11) is -1.44. The monoisotopic (exact) mass is 304 g/mol. The lowest BCUT2D eigenvalue weighted by atomic mass is 9.86. The number of aliphatic hydroxyl groups excluding tert-OH is 1. The highest BCUT2D eigenvalue weighted by molar-refractivity contribution is 7.85. The van der Waals surface area contributed by atoms with Gasteiger partial charge in [0, 0.05) is 10.8 Å². The fourth-order valence-electron chi connectivity index (χ4n) is 2.38. The van der Waals surface area contributed by atoms with Crippen molar-refractivity contribution in [1.29, 1.82) is 0 Å². The number of benzene rings is 1. The van der Waals surface area contributed by atoms with Crippen molar-refractivity contribution < 1.29 is 13.7 Å². The summed E-state index contributed by atoms with van der Waals surface area (Å²) in [6.45, 7) is 3.61. The number of aliphatic hydroxyl groups is 1. The van der Waals surface area contributed by atoms with Crippen LogP contribution < -0.4 is 0 Å². The molecule has 1 aromatic carbocycles. The molecule has 0 saturated heterocycles. The highest BCUT2D eigenvalue weighted by atomic mass is 35.5. The van der Waals surface area contributed by atoms with Crippen molar-refractivity contribution in [2.45, 2.75) is 48.1 Å². The molecule has 1 aromatic rings. The van der Waals surface area contributed by atoms with Crippen LogP contribution in [0.1, 0.15) is 25.3 Å². The maximum Gasteiger partial charge on any atom is 0.212 e. The van der Waals surface area contributed by atoms with Crippen LogP contribution in [0.3, 0.4) is 0 Å². The van der Waals surface area contributed by atoms with Crippen molar-refractivity contribution in [3.05, 3.63) is 29.8 Å². The van der Waals surface area contributed by atoms with Crippen LogP contribution in [0, 0.1) is 12.8 Å². The number of aryl methyl sites for hydroxylation is 1. The van der Waals surface area contributed by atoms with Crippen LogP contribution in [-0.4, -0.2) is 25.8 Å². The van der Waals surface area contributed by atoms with Gasteiger partial charge in [-0.25, -0.2) is 4.39 Å². The molecule has 0 spiro atoms. The molecule has 0 amide bonds. The Labute approximate surface area is 120 Å². The molecule has 5 atom stereocenters. The van der Waals surface area contributed by atoms with E-state index < -0.39 is 33.2 Å². The Morgan fingerprint density at radius 2 is 1.95 bits per heavy atom. The van der Waals surface area contributed by atoms with Gasteiger partial charge in [-0.15, -0.1) is 0 Å². The van der Waals surface area contributed by atoms with Crippen molar-refractivity contribution in [2.75, 3.05) is 0 Å². The van der Waals surface area contributed by atoms with E-state index in [1.54, 1.807) is 19.1 Å². The first-order valence-electron chi connectivity index (χ1n) is 6.37. The summed E-state index contributed by atoms with van der Waals surface area (Å²) in [5.74, 6) is -0.435. The van der Waals surface area contributed by atoms with Gasteiger partial charge in [0.25, 0.3) is 0 Å². The van der Waals surface area contributed by atoms with Gasteiger partial charge in [-0.3, -0.25) is 4.21 Å². The molecule has 0 aliphatic heterocycles. The first-order valence-corrected chi connectivity index (χ1v) is 7.96. The SMILES string of the molecule is Cc1ccc([S@](=O)[C@H]2CC[C@@H](C)[C@@](F)(Cl)[C@@H]2O)cc1. The summed E-state index contributed by atoms with van der Waals surface area (Å²) in [6.07, 6.45) is -0.361. The van der Waals surface area contributed by atoms with Gasteiger partial charge in [0.05, 0.1) is 16.0 Å². The molecule has 2 nitrogen and oxygen atoms in total. The first-order chi connectivity index (χ1) is 8.84. The van der Waals surface area contributed by atoms with E-state index in [-0.39, 0.29) is 0 Å². The molecule has 1 aliphatic rings. The molecule has 0 radical (unpaired) electrons. The molecule has 1 saturated carbocycles. The minimum absolute atomic E-state index is 0.435. The van der Waals surface area contributed by atoms with Crippen LogP contribution in [0.15, 0.2) is 29.2 Å². The van der Waals surface area contributed by atoms with Crippen LogP contribution in [0.5, 0.6) is 0 Å². The van der Waals surface area contributed by atoms with E-state index >= 15 is 0 Å². The summed E-state index contributed by atoms with van der Waals surface area (Å²) in [5, 5.41) is 7.21. The Balaban J connectivity index is 2.22. The van der Waals surface area contributed by atoms with Crippen molar-refractivity contribution in [1.82, 2.24) is 0 Å². The van der Waals surface area contributed by atoms with E-state index in [4.69, 9.17) is 11.6 Å². The normalized spacial score (nSPS) is 37.0. The first kappa shape index (κ1) is 14.9. The lowest BCUT2D eigenvalue weighted by molar-refractivity contribution is -0.0125. The molecule has 2 rings (SSSR count). The van der Waals surface area contributed by atoms with E-state index in [0.29, 0.717) is 17.7 Å². The molecule has 106 valence electrons. The topological polar surface area (TPSA) is 37.3 Å². The van der Waals surface area contributed by atoms with Crippen LogP contribution in [-0.2, 0) is 10.8 Å². The van der Waals surface area contributed by atoms with Gasteiger partial charge in [0.15, 0.2) is 0 Å². The molecule has 0 bridgehead atoms. The average molecular weight is 305 g/mol. The Morgan fingerprint density at radius 1 is 1.37 bits per heavy atom. The van der Waals surface area contributed by atoms with Crippen LogP contribution in [0.4, 0.5) is 4.39 Å². The smallest absolute Gasteiger partial charge is 0.212 e. The van der Waals surface area contributed by atoms with Gasteiger partial charge in [-0.05, 0) is 31.9 Å². The summed E-state index contributed by atoms with van der Waals surface area (Å²) in [6, 6.07) is 7.22. The second kappa shape index (κ2) is 5.51. The maximum absolute atomic E-state index is 14.2. The fourth-order valence-corrected chi connectivity index (χ4v) is 4.25. The van der Waals surface area contributed by atoms with E-state index in [9.17, 15) is 13.7 Å². The molecule has 0 aromatic heterocycles. The number of hydrogen-bond donors (Lipinski definition) is 1. The quantitative estimate of drug-likeness (QED) is 0.852. The highest BCUT2D eigenvalue weighted by Crippen LogP contribution is 2.42. The second-order valence-corrected chi connectivity index (χ2v) is 7.50. The lowest BCUT2D eigenvalue weighted by Gasteiger charge is -2.39.